The van der Waals surface area contributed by atoms with E-state index in [2.05, 4.69) is 36.8 Å². The highest BCUT2D eigenvalue weighted by Gasteiger charge is 2.30. The van der Waals surface area contributed by atoms with E-state index < -0.39 is 17.6 Å². The third-order valence-corrected chi connectivity index (χ3v) is 3.96. The molecule has 0 aliphatic carbocycles. The third kappa shape index (κ3) is 4.07. The molecule has 0 spiro atoms. The molecular weight excluding hydrogens is 415 g/mol. The molecule has 0 saturated carbocycles. The largest absolute Gasteiger partial charge is 0.416 e. The topological polar surface area (TPSA) is 72.7 Å². The number of benzene rings is 2. The van der Waals surface area contributed by atoms with E-state index in [0.717, 1.165) is 28.7 Å². The fraction of sp³-hybridized carbons (Fsp3) is 0.125. The van der Waals surface area contributed by atoms with Crippen molar-refractivity contribution >= 4 is 21.8 Å². The van der Waals surface area contributed by atoms with Crippen molar-refractivity contribution in [1.29, 1.82) is 0 Å². The second-order valence-corrected chi connectivity index (χ2v) is 6.16. The molecule has 1 heterocycles. The van der Waals surface area contributed by atoms with Crippen LogP contribution in [0, 0.1) is 0 Å². The number of halogens is 4. The summed E-state index contributed by atoms with van der Waals surface area (Å²) in [5, 5.41) is 13.9. The maximum atomic E-state index is 12.6. The maximum Gasteiger partial charge on any atom is 0.416 e. The average molecular weight is 426 g/mol. The number of rotatable bonds is 4. The molecule has 1 amide bonds. The van der Waals surface area contributed by atoms with Gasteiger partial charge in [0.15, 0.2) is 5.82 Å². The number of aromatic nitrogens is 4. The number of carbonyl (C=O) groups excluding carboxylic acids is 1. The molecule has 0 unspecified atom stereocenters. The van der Waals surface area contributed by atoms with Crippen LogP contribution in [0.1, 0.15) is 21.7 Å². The van der Waals surface area contributed by atoms with E-state index in [1.807, 2.05) is 12.1 Å². The Kier molecular flexibility index (Phi) is 5.03. The second-order valence-electron chi connectivity index (χ2n) is 5.24. The van der Waals surface area contributed by atoms with Crippen molar-refractivity contribution in [2.24, 2.45) is 0 Å². The van der Waals surface area contributed by atoms with Crippen molar-refractivity contribution in [3.05, 3.63) is 70.0 Å². The highest BCUT2D eigenvalue weighted by Crippen LogP contribution is 2.29. The van der Waals surface area contributed by atoms with E-state index in [1.54, 1.807) is 12.1 Å². The van der Waals surface area contributed by atoms with Gasteiger partial charge in [0.05, 0.1) is 17.8 Å². The third-order valence-electron chi connectivity index (χ3n) is 3.47. The number of nitrogens with zero attached hydrogens (tertiary/aromatic N) is 4. The number of nitrogens with one attached hydrogen (secondary N) is 1. The van der Waals surface area contributed by atoms with Gasteiger partial charge in [-0.2, -0.15) is 17.9 Å². The van der Waals surface area contributed by atoms with Gasteiger partial charge in [0.2, 0.25) is 0 Å². The molecule has 0 atom stereocenters. The van der Waals surface area contributed by atoms with Gasteiger partial charge in [-0.25, -0.2) is 0 Å². The highest BCUT2D eigenvalue weighted by molar-refractivity contribution is 9.10. The van der Waals surface area contributed by atoms with E-state index in [4.69, 9.17) is 0 Å². The summed E-state index contributed by atoms with van der Waals surface area (Å²) in [6.07, 6.45) is -4.44. The fourth-order valence-corrected chi connectivity index (χ4v) is 2.58. The number of hydrogen-bond acceptors (Lipinski definition) is 4. The van der Waals surface area contributed by atoms with Gasteiger partial charge in [-0.3, -0.25) is 4.79 Å². The summed E-state index contributed by atoms with van der Waals surface area (Å²) >= 11 is 3.35. The van der Waals surface area contributed by atoms with Crippen LogP contribution >= 0.6 is 15.9 Å². The van der Waals surface area contributed by atoms with Gasteiger partial charge in [-0.1, -0.05) is 22.0 Å². The summed E-state index contributed by atoms with van der Waals surface area (Å²) in [7, 11) is 0. The zero-order valence-electron chi connectivity index (χ0n) is 13.0. The molecular formula is C16H11BrF3N5O. The van der Waals surface area contributed by atoms with E-state index in [-0.39, 0.29) is 12.1 Å². The Morgan fingerprint density at radius 3 is 2.54 bits per heavy atom. The zero-order valence-corrected chi connectivity index (χ0v) is 14.6. The van der Waals surface area contributed by atoms with E-state index in [0.29, 0.717) is 11.5 Å². The van der Waals surface area contributed by atoms with Crippen molar-refractivity contribution < 1.29 is 18.0 Å². The molecule has 3 aromatic rings. The Morgan fingerprint density at radius 1 is 1.15 bits per heavy atom. The van der Waals surface area contributed by atoms with Gasteiger partial charge in [-0.05, 0) is 52.9 Å². The van der Waals surface area contributed by atoms with Gasteiger partial charge in [-0.15, -0.1) is 5.10 Å². The first-order valence-electron chi connectivity index (χ1n) is 7.33. The molecule has 0 aliphatic rings. The standard InChI is InChI=1S/C16H11BrF3N5O/c17-12-2-1-3-13(8-12)25-14(22-23-24-25)9-21-15(26)10-4-6-11(7-5-10)16(18,19)20/h1-8H,9H2,(H,21,26). The number of tetrazole rings is 1. The Hall–Kier alpha value is -2.75. The van der Waals surface area contributed by atoms with Crippen LogP contribution in [-0.2, 0) is 12.7 Å². The summed E-state index contributed by atoms with van der Waals surface area (Å²) in [6, 6.07) is 11.2. The molecule has 3 rings (SSSR count). The average Bonchev–Trinajstić information content (AvgIpc) is 3.07. The zero-order chi connectivity index (χ0) is 18.7. The molecule has 10 heteroatoms. The number of hydrogen-bond donors (Lipinski definition) is 1. The van der Waals surface area contributed by atoms with Crippen LogP contribution in [0.15, 0.2) is 53.0 Å². The molecule has 0 aliphatic heterocycles. The van der Waals surface area contributed by atoms with Crippen LogP contribution in [0.5, 0.6) is 0 Å². The lowest BCUT2D eigenvalue weighted by Gasteiger charge is -2.09. The van der Waals surface area contributed by atoms with Crippen LogP contribution in [0.3, 0.4) is 0 Å². The Morgan fingerprint density at radius 2 is 1.88 bits per heavy atom. The van der Waals surface area contributed by atoms with E-state index in [9.17, 15) is 18.0 Å². The number of amides is 1. The Bertz CT molecular complexity index is 924. The van der Waals surface area contributed by atoms with Crippen molar-refractivity contribution in [3.63, 3.8) is 0 Å². The lowest BCUT2D eigenvalue weighted by atomic mass is 10.1. The number of alkyl halides is 3. The van der Waals surface area contributed by atoms with Crippen molar-refractivity contribution in [3.8, 4) is 5.69 Å². The van der Waals surface area contributed by atoms with Crippen LogP contribution < -0.4 is 5.32 Å². The van der Waals surface area contributed by atoms with Gasteiger partial charge >= 0.3 is 6.18 Å². The quantitative estimate of drug-likeness (QED) is 0.695. The summed E-state index contributed by atoms with van der Waals surface area (Å²) in [5.41, 5.74) is -0.00437. The normalized spacial score (nSPS) is 11.4. The first kappa shape index (κ1) is 18.1. The minimum Gasteiger partial charge on any atom is -0.345 e. The SMILES string of the molecule is O=C(NCc1nnnn1-c1cccc(Br)c1)c1ccc(C(F)(F)F)cc1. The number of carbonyl (C=O) groups is 1. The van der Waals surface area contributed by atoms with Gasteiger partial charge in [0, 0.05) is 10.0 Å². The second kappa shape index (κ2) is 7.24. The lowest BCUT2D eigenvalue weighted by molar-refractivity contribution is -0.137. The minimum absolute atomic E-state index is 0.0133. The van der Waals surface area contributed by atoms with Crippen LogP contribution in [0.4, 0.5) is 13.2 Å². The molecule has 0 saturated heterocycles. The van der Waals surface area contributed by atoms with Gasteiger partial charge in [0.1, 0.15) is 0 Å². The molecule has 26 heavy (non-hydrogen) atoms. The maximum absolute atomic E-state index is 12.6. The van der Waals surface area contributed by atoms with Crippen LogP contribution in [-0.4, -0.2) is 26.1 Å². The first-order chi connectivity index (χ1) is 12.3. The molecule has 2 aromatic carbocycles. The van der Waals surface area contributed by atoms with E-state index >= 15 is 0 Å². The smallest absolute Gasteiger partial charge is 0.345 e. The monoisotopic (exact) mass is 425 g/mol. The minimum atomic E-state index is -4.44. The molecule has 0 bridgehead atoms. The van der Waals surface area contributed by atoms with Crippen molar-refractivity contribution in [2.45, 2.75) is 12.7 Å². The predicted molar refractivity (Wildman–Crippen MR) is 89.5 cm³/mol. The summed E-state index contributed by atoms with van der Waals surface area (Å²) in [4.78, 5) is 12.1. The Labute approximate surface area is 154 Å². The van der Waals surface area contributed by atoms with Crippen molar-refractivity contribution in [1.82, 2.24) is 25.5 Å². The Balaban J connectivity index is 1.70. The molecule has 134 valence electrons. The molecule has 1 N–H and O–H groups in total. The molecule has 0 radical (unpaired) electrons. The van der Waals surface area contributed by atoms with Gasteiger partial charge < -0.3 is 5.32 Å². The van der Waals surface area contributed by atoms with E-state index in [1.165, 1.54) is 4.68 Å². The predicted octanol–water partition coefficient (Wildman–Crippen LogP) is 3.37. The first-order valence-corrected chi connectivity index (χ1v) is 8.12. The fourth-order valence-electron chi connectivity index (χ4n) is 2.20. The molecule has 1 aromatic heterocycles. The summed E-state index contributed by atoms with van der Waals surface area (Å²) < 4.78 is 40.0. The van der Waals surface area contributed by atoms with Gasteiger partial charge in [0.25, 0.3) is 5.91 Å². The summed E-state index contributed by atoms with van der Waals surface area (Å²) in [5.74, 6) is -0.147. The molecule has 0 fully saturated rings. The van der Waals surface area contributed by atoms with Crippen molar-refractivity contribution in [2.75, 3.05) is 0 Å². The summed E-state index contributed by atoms with van der Waals surface area (Å²) in [6.45, 7) is 0.0133. The van der Waals surface area contributed by atoms with Crippen LogP contribution in [0.2, 0.25) is 0 Å². The molecule has 6 nitrogen and oxygen atoms in total. The highest BCUT2D eigenvalue weighted by atomic mass is 79.9. The lowest BCUT2D eigenvalue weighted by Crippen LogP contribution is -2.24. The van der Waals surface area contributed by atoms with Crippen LogP contribution in [0.25, 0.3) is 5.69 Å².